The number of aromatic hydroxyl groups is 1. The van der Waals surface area contributed by atoms with Crippen LogP contribution in [0.3, 0.4) is 0 Å². The van der Waals surface area contributed by atoms with Gasteiger partial charge in [-0.05, 0) is 37.5 Å². The molecule has 4 nitrogen and oxygen atoms in total. The van der Waals surface area contributed by atoms with E-state index in [1.807, 2.05) is 0 Å². The Morgan fingerprint density at radius 1 is 1.38 bits per heavy atom. The number of carbonyl (C=O) groups is 1. The second-order valence-corrected chi connectivity index (χ2v) is 5.43. The number of hydrogen-bond acceptors (Lipinski definition) is 4. The van der Waals surface area contributed by atoms with Gasteiger partial charge in [-0.2, -0.15) is 0 Å². The maximum Gasteiger partial charge on any atom is 0.327 e. The Kier molecular flexibility index (Phi) is 5.56. The van der Waals surface area contributed by atoms with E-state index < -0.39 is 17.8 Å². The summed E-state index contributed by atoms with van der Waals surface area (Å²) in [5, 5.41) is 12.8. The summed E-state index contributed by atoms with van der Waals surface area (Å²) in [7, 11) is 0. The van der Waals surface area contributed by atoms with E-state index in [1.54, 1.807) is 6.92 Å². The number of nitrogens with one attached hydrogen (secondary N) is 1. The van der Waals surface area contributed by atoms with Gasteiger partial charge in [-0.15, -0.1) is 0 Å². The number of esters is 1. The molecule has 0 heterocycles. The lowest BCUT2D eigenvalue weighted by atomic mass is 9.94. The summed E-state index contributed by atoms with van der Waals surface area (Å²) < 4.78 is 18.6. The zero-order valence-electron chi connectivity index (χ0n) is 12.3. The van der Waals surface area contributed by atoms with Gasteiger partial charge in [0.2, 0.25) is 0 Å². The maximum absolute atomic E-state index is 13.5. The molecule has 0 radical (unpaired) electrons. The Morgan fingerprint density at radius 2 is 2.10 bits per heavy atom. The molecule has 0 bridgehead atoms. The largest absolute Gasteiger partial charge is 0.508 e. The minimum absolute atomic E-state index is 0.190. The molecule has 2 N–H and O–H groups in total. The third-order valence-electron chi connectivity index (χ3n) is 3.77. The molecule has 1 atom stereocenters. The molecule has 0 aliphatic heterocycles. The van der Waals surface area contributed by atoms with Gasteiger partial charge >= 0.3 is 5.97 Å². The number of phenols is 1. The normalized spacial score (nSPS) is 17.4. The van der Waals surface area contributed by atoms with Crippen molar-refractivity contribution in [3.8, 4) is 5.75 Å². The Hall–Kier alpha value is -1.62. The molecule has 0 amide bonds. The van der Waals surface area contributed by atoms with Crippen LogP contribution in [-0.4, -0.2) is 23.7 Å². The molecular weight excluding hydrogens is 273 g/mol. The van der Waals surface area contributed by atoms with Gasteiger partial charge in [-0.1, -0.05) is 19.3 Å². The average Bonchev–Trinajstić information content (AvgIpc) is 2.45. The van der Waals surface area contributed by atoms with E-state index in [2.05, 4.69) is 5.32 Å². The van der Waals surface area contributed by atoms with Crippen molar-refractivity contribution in [2.75, 3.05) is 6.61 Å². The lowest BCUT2D eigenvalue weighted by Gasteiger charge is -2.27. The summed E-state index contributed by atoms with van der Waals surface area (Å²) in [4.78, 5) is 12.2. The molecule has 1 aliphatic carbocycles. The van der Waals surface area contributed by atoms with Gasteiger partial charge in [0.15, 0.2) is 0 Å². The van der Waals surface area contributed by atoms with Gasteiger partial charge in [-0.25, -0.2) is 9.18 Å². The Morgan fingerprint density at radius 3 is 2.71 bits per heavy atom. The fourth-order valence-electron chi connectivity index (χ4n) is 2.79. The third-order valence-corrected chi connectivity index (χ3v) is 3.77. The molecule has 116 valence electrons. The monoisotopic (exact) mass is 295 g/mol. The molecule has 0 aromatic heterocycles. The Balaban J connectivity index is 2.19. The molecule has 5 heteroatoms. The van der Waals surface area contributed by atoms with Crippen molar-refractivity contribution < 1.29 is 19.0 Å². The minimum Gasteiger partial charge on any atom is -0.508 e. The lowest BCUT2D eigenvalue weighted by molar-refractivity contribution is -0.146. The van der Waals surface area contributed by atoms with E-state index in [1.165, 1.54) is 18.6 Å². The van der Waals surface area contributed by atoms with Crippen molar-refractivity contribution >= 4 is 5.97 Å². The molecule has 1 aromatic carbocycles. The molecule has 1 aliphatic rings. The second kappa shape index (κ2) is 7.41. The summed E-state index contributed by atoms with van der Waals surface area (Å²) in [5.74, 6) is -1.19. The quantitative estimate of drug-likeness (QED) is 0.820. The third kappa shape index (κ3) is 4.43. The molecule has 21 heavy (non-hydrogen) atoms. The fraction of sp³-hybridized carbons (Fsp3) is 0.562. The van der Waals surface area contributed by atoms with Crippen LogP contribution in [0, 0.1) is 5.82 Å². The van der Waals surface area contributed by atoms with Gasteiger partial charge < -0.3 is 9.84 Å². The molecule has 1 aromatic rings. The Bertz CT molecular complexity index is 466. The van der Waals surface area contributed by atoms with Crippen molar-refractivity contribution in [1.82, 2.24) is 5.32 Å². The molecule has 0 spiro atoms. The van der Waals surface area contributed by atoms with Crippen LogP contribution in [0.25, 0.3) is 0 Å². The van der Waals surface area contributed by atoms with Gasteiger partial charge in [-0.3, -0.25) is 5.32 Å². The van der Waals surface area contributed by atoms with Crippen LogP contribution >= 0.6 is 0 Å². The van der Waals surface area contributed by atoms with Crippen LogP contribution in [-0.2, 0) is 9.53 Å². The van der Waals surface area contributed by atoms with Gasteiger partial charge in [0.25, 0.3) is 0 Å². The van der Waals surface area contributed by atoms with Gasteiger partial charge in [0, 0.05) is 12.1 Å². The van der Waals surface area contributed by atoms with Crippen LogP contribution in [0.2, 0.25) is 0 Å². The highest BCUT2D eigenvalue weighted by Gasteiger charge is 2.26. The van der Waals surface area contributed by atoms with Crippen LogP contribution < -0.4 is 5.32 Å². The summed E-state index contributed by atoms with van der Waals surface area (Å²) >= 11 is 0. The van der Waals surface area contributed by atoms with Crippen LogP contribution in [0.5, 0.6) is 5.75 Å². The van der Waals surface area contributed by atoms with Crippen molar-refractivity contribution in [1.29, 1.82) is 0 Å². The van der Waals surface area contributed by atoms with Crippen LogP contribution in [0.15, 0.2) is 18.2 Å². The predicted octanol–water partition coefficient (Wildman–Crippen LogP) is 3.06. The van der Waals surface area contributed by atoms with E-state index in [-0.39, 0.29) is 18.4 Å². The van der Waals surface area contributed by atoms with Gasteiger partial charge in [0.05, 0.1) is 6.61 Å². The number of ether oxygens (including phenoxy) is 1. The predicted molar refractivity (Wildman–Crippen MR) is 77.4 cm³/mol. The smallest absolute Gasteiger partial charge is 0.327 e. The van der Waals surface area contributed by atoms with E-state index in [4.69, 9.17) is 4.74 Å². The highest BCUT2D eigenvalue weighted by Crippen LogP contribution is 2.25. The van der Waals surface area contributed by atoms with Crippen LogP contribution in [0.1, 0.15) is 50.6 Å². The molecule has 0 saturated heterocycles. The Labute approximate surface area is 124 Å². The van der Waals surface area contributed by atoms with Gasteiger partial charge in [0.1, 0.15) is 17.6 Å². The summed E-state index contributed by atoms with van der Waals surface area (Å²) in [5.41, 5.74) is 0.400. The highest BCUT2D eigenvalue weighted by molar-refractivity contribution is 5.77. The molecule has 1 saturated carbocycles. The number of benzene rings is 1. The number of carbonyl (C=O) groups excluding carboxylic acids is 1. The van der Waals surface area contributed by atoms with E-state index >= 15 is 0 Å². The first-order chi connectivity index (χ1) is 10.1. The van der Waals surface area contributed by atoms with Crippen molar-refractivity contribution in [3.63, 3.8) is 0 Å². The lowest BCUT2D eigenvalue weighted by Crippen LogP contribution is -2.39. The molecular formula is C16H22FNO3. The summed E-state index contributed by atoms with van der Waals surface area (Å²) in [6.45, 7) is 2.00. The second-order valence-electron chi connectivity index (χ2n) is 5.43. The first-order valence-electron chi connectivity index (χ1n) is 7.52. The molecule has 1 unspecified atom stereocenters. The number of phenolic OH excluding ortho intramolecular Hbond substituents is 1. The minimum atomic E-state index is -0.741. The SMILES string of the molecule is CCOC(=O)C(NC1CCCCC1)c1cc(O)cc(F)c1. The van der Waals surface area contributed by atoms with E-state index in [0.717, 1.165) is 31.7 Å². The van der Waals surface area contributed by atoms with Crippen molar-refractivity contribution in [3.05, 3.63) is 29.6 Å². The topological polar surface area (TPSA) is 58.6 Å². The van der Waals surface area contributed by atoms with E-state index in [0.29, 0.717) is 5.56 Å². The number of halogens is 1. The highest BCUT2D eigenvalue weighted by atomic mass is 19.1. The maximum atomic E-state index is 13.5. The average molecular weight is 295 g/mol. The number of hydrogen-bond donors (Lipinski definition) is 2. The zero-order valence-corrected chi connectivity index (χ0v) is 12.3. The summed E-state index contributed by atoms with van der Waals surface area (Å²) in [6.07, 6.45) is 5.46. The number of rotatable bonds is 5. The fourth-order valence-corrected chi connectivity index (χ4v) is 2.79. The molecule has 1 fully saturated rings. The first-order valence-corrected chi connectivity index (χ1v) is 7.52. The van der Waals surface area contributed by atoms with E-state index in [9.17, 15) is 14.3 Å². The first kappa shape index (κ1) is 15.8. The molecule has 2 rings (SSSR count). The standard InChI is InChI=1S/C16H22FNO3/c1-2-21-16(20)15(18-13-6-4-3-5-7-13)11-8-12(17)10-14(19)9-11/h8-10,13,15,18-19H,2-7H2,1H3. The summed E-state index contributed by atoms with van der Waals surface area (Å²) in [6, 6.07) is 3.16. The van der Waals surface area contributed by atoms with Crippen molar-refractivity contribution in [2.24, 2.45) is 0 Å². The van der Waals surface area contributed by atoms with Crippen LogP contribution in [0.4, 0.5) is 4.39 Å². The zero-order chi connectivity index (χ0) is 15.2. The van der Waals surface area contributed by atoms with Crippen molar-refractivity contribution in [2.45, 2.75) is 51.1 Å².